The normalized spacial score (nSPS) is 16.8. The molecular weight excluding hydrogens is 458 g/mol. The largest absolute Gasteiger partial charge is 0.350 e. The third-order valence-corrected chi connectivity index (χ3v) is 6.37. The molecule has 1 aliphatic heterocycles. The number of nitrogens with one attached hydrogen (secondary N) is 1. The summed E-state index contributed by atoms with van der Waals surface area (Å²) < 4.78 is 0. The molecule has 5 heterocycles. The Kier molecular flexibility index (Phi) is 7.62. The molecule has 0 spiro atoms. The zero-order chi connectivity index (χ0) is 25.3. The zero-order valence-electron chi connectivity index (χ0n) is 21.0. The molecule has 1 N–H and O–H groups in total. The molecule has 37 heavy (non-hydrogen) atoms. The van der Waals surface area contributed by atoms with Crippen LogP contribution in [0.5, 0.6) is 0 Å². The van der Waals surface area contributed by atoms with Crippen LogP contribution in [0.4, 0.5) is 0 Å². The number of hydrogen-bond acceptors (Lipinski definition) is 7. The van der Waals surface area contributed by atoms with E-state index in [9.17, 15) is 0 Å². The molecule has 1 aliphatic rings. The smallest absolute Gasteiger partial charge is 0.109 e. The van der Waals surface area contributed by atoms with Crippen LogP contribution in [0.3, 0.4) is 0 Å². The molecule has 1 atom stereocenters. The van der Waals surface area contributed by atoms with Crippen molar-refractivity contribution >= 4 is 0 Å². The number of rotatable bonds is 10. The maximum Gasteiger partial charge on any atom is 0.109 e. The number of dihydropyridines is 1. The monoisotopic (exact) mass is 489 g/mol. The van der Waals surface area contributed by atoms with E-state index in [1.54, 1.807) is 0 Å². The summed E-state index contributed by atoms with van der Waals surface area (Å²) in [6, 6.07) is 24.1. The van der Waals surface area contributed by atoms with Gasteiger partial charge in [-0.15, -0.1) is 0 Å². The van der Waals surface area contributed by atoms with E-state index >= 15 is 0 Å². The number of hydrogen-bond donors (Lipinski definition) is 1. The Hall–Kier alpha value is -4.36. The molecule has 0 bridgehead atoms. The van der Waals surface area contributed by atoms with E-state index in [1.165, 1.54) is 0 Å². The molecule has 7 heteroatoms. The maximum atomic E-state index is 4.60. The highest BCUT2D eigenvalue weighted by atomic mass is 15.4. The second-order valence-electron chi connectivity index (χ2n) is 9.18. The second kappa shape index (κ2) is 11.6. The molecule has 0 aliphatic carbocycles. The van der Waals surface area contributed by atoms with Crippen molar-refractivity contribution in [2.24, 2.45) is 0 Å². The summed E-state index contributed by atoms with van der Waals surface area (Å²) in [6.45, 7) is 4.83. The predicted molar refractivity (Wildman–Crippen MR) is 144 cm³/mol. The Labute approximate surface area is 218 Å². The molecule has 4 aromatic rings. The average molecular weight is 490 g/mol. The molecule has 1 unspecified atom stereocenters. The van der Waals surface area contributed by atoms with Gasteiger partial charge in [0.1, 0.15) is 11.5 Å². The standard InChI is InChI=1S/C30H31N7/c1-30(37(23-27-13-4-8-19-33-27)24-28-14-5-9-20-34-28)16-10-15-29(35-30)36(21-25-11-2-6-17-31-25)22-26-12-3-7-18-32-26/h2-20,35H,21-24H2,1H3. The summed E-state index contributed by atoms with van der Waals surface area (Å²) in [5, 5.41) is 3.83. The first-order chi connectivity index (χ1) is 18.2. The van der Waals surface area contributed by atoms with Gasteiger partial charge in [-0.2, -0.15) is 0 Å². The highest BCUT2D eigenvalue weighted by Crippen LogP contribution is 2.26. The molecule has 186 valence electrons. The molecule has 4 aromatic heterocycles. The Balaban J connectivity index is 1.43. The van der Waals surface area contributed by atoms with E-state index in [-0.39, 0.29) is 0 Å². The van der Waals surface area contributed by atoms with E-state index in [1.807, 2.05) is 73.3 Å². The van der Waals surface area contributed by atoms with Crippen LogP contribution in [0.2, 0.25) is 0 Å². The van der Waals surface area contributed by atoms with Gasteiger partial charge in [0.2, 0.25) is 0 Å². The lowest BCUT2D eigenvalue weighted by Gasteiger charge is -2.44. The van der Waals surface area contributed by atoms with Gasteiger partial charge in [-0.25, -0.2) is 0 Å². The van der Waals surface area contributed by atoms with Crippen LogP contribution in [0.25, 0.3) is 0 Å². The first kappa shape index (κ1) is 24.3. The average Bonchev–Trinajstić information content (AvgIpc) is 2.95. The van der Waals surface area contributed by atoms with Crippen LogP contribution in [-0.2, 0) is 26.2 Å². The summed E-state index contributed by atoms with van der Waals surface area (Å²) in [4.78, 5) is 23.0. The first-order valence-corrected chi connectivity index (χ1v) is 12.5. The van der Waals surface area contributed by atoms with Crippen molar-refractivity contribution in [2.75, 3.05) is 0 Å². The van der Waals surface area contributed by atoms with Crippen molar-refractivity contribution in [3.05, 3.63) is 144 Å². The van der Waals surface area contributed by atoms with Crippen LogP contribution in [0, 0.1) is 0 Å². The molecule has 0 radical (unpaired) electrons. The van der Waals surface area contributed by atoms with Crippen molar-refractivity contribution in [1.29, 1.82) is 0 Å². The van der Waals surface area contributed by atoms with Crippen molar-refractivity contribution in [1.82, 2.24) is 35.1 Å². The van der Waals surface area contributed by atoms with E-state index in [0.29, 0.717) is 26.2 Å². The minimum Gasteiger partial charge on any atom is -0.350 e. The Morgan fingerprint density at radius 1 is 0.622 bits per heavy atom. The molecule has 0 fully saturated rings. The molecule has 5 rings (SSSR count). The Morgan fingerprint density at radius 2 is 1.05 bits per heavy atom. The Morgan fingerprint density at radius 3 is 1.46 bits per heavy atom. The highest BCUT2D eigenvalue weighted by Gasteiger charge is 2.33. The van der Waals surface area contributed by atoms with Gasteiger partial charge in [-0.3, -0.25) is 24.8 Å². The van der Waals surface area contributed by atoms with Gasteiger partial charge in [0.05, 0.1) is 35.9 Å². The van der Waals surface area contributed by atoms with Gasteiger partial charge in [0, 0.05) is 37.9 Å². The molecule has 0 amide bonds. The van der Waals surface area contributed by atoms with E-state index in [0.717, 1.165) is 28.6 Å². The lowest BCUT2D eigenvalue weighted by Crippen LogP contribution is -2.57. The molecule has 0 saturated carbocycles. The van der Waals surface area contributed by atoms with Crippen LogP contribution in [0.1, 0.15) is 29.7 Å². The first-order valence-electron chi connectivity index (χ1n) is 12.5. The SMILES string of the molecule is CC1(N(Cc2ccccn2)Cc2ccccn2)C=CC=C(N(Cc2ccccn2)Cc2ccccn2)N1. The van der Waals surface area contributed by atoms with Gasteiger partial charge in [-0.05, 0) is 67.6 Å². The van der Waals surface area contributed by atoms with Gasteiger partial charge >= 0.3 is 0 Å². The number of aromatic nitrogens is 4. The topological polar surface area (TPSA) is 70.1 Å². The quantitative estimate of drug-likeness (QED) is 0.347. The van der Waals surface area contributed by atoms with Crippen LogP contribution in [0.15, 0.2) is 122 Å². The number of allylic oxidation sites excluding steroid dienone is 2. The molecule has 0 saturated heterocycles. The second-order valence-corrected chi connectivity index (χ2v) is 9.18. The Bertz CT molecular complexity index is 1230. The lowest BCUT2D eigenvalue weighted by atomic mass is 10.1. The van der Waals surface area contributed by atoms with Crippen LogP contribution >= 0.6 is 0 Å². The number of pyridine rings is 4. The van der Waals surface area contributed by atoms with E-state index in [2.05, 4.69) is 84.5 Å². The summed E-state index contributed by atoms with van der Waals surface area (Å²) in [7, 11) is 0. The van der Waals surface area contributed by atoms with Crippen molar-refractivity contribution in [2.45, 2.75) is 38.8 Å². The maximum absolute atomic E-state index is 4.60. The lowest BCUT2D eigenvalue weighted by molar-refractivity contribution is 0.0870. The molecule has 7 nitrogen and oxygen atoms in total. The summed E-state index contributed by atoms with van der Waals surface area (Å²) in [6.07, 6.45) is 13.8. The van der Waals surface area contributed by atoms with Crippen molar-refractivity contribution in [3.63, 3.8) is 0 Å². The fraction of sp³-hybridized carbons (Fsp3) is 0.200. The summed E-state index contributed by atoms with van der Waals surface area (Å²) in [5.74, 6) is 1.01. The van der Waals surface area contributed by atoms with Crippen LogP contribution < -0.4 is 5.32 Å². The third-order valence-electron chi connectivity index (χ3n) is 6.37. The summed E-state index contributed by atoms with van der Waals surface area (Å²) in [5.41, 5.74) is 3.52. The highest BCUT2D eigenvalue weighted by molar-refractivity contribution is 5.25. The number of nitrogens with zero attached hydrogens (tertiary/aromatic N) is 6. The minimum absolute atomic E-state index is 0.481. The van der Waals surface area contributed by atoms with E-state index in [4.69, 9.17) is 0 Å². The predicted octanol–water partition coefficient (Wildman–Crippen LogP) is 4.69. The van der Waals surface area contributed by atoms with Gasteiger partial charge < -0.3 is 10.2 Å². The van der Waals surface area contributed by atoms with Gasteiger partial charge in [0.25, 0.3) is 0 Å². The van der Waals surface area contributed by atoms with Gasteiger partial charge in [-0.1, -0.05) is 30.3 Å². The van der Waals surface area contributed by atoms with E-state index < -0.39 is 5.66 Å². The van der Waals surface area contributed by atoms with Crippen molar-refractivity contribution < 1.29 is 0 Å². The third kappa shape index (κ3) is 6.45. The summed E-state index contributed by atoms with van der Waals surface area (Å²) >= 11 is 0. The fourth-order valence-electron chi connectivity index (χ4n) is 4.40. The van der Waals surface area contributed by atoms with Gasteiger partial charge in [0.15, 0.2) is 0 Å². The zero-order valence-corrected chi connectivity index (χ0v) is 21.0. The minimum atomic E-state index is -0.481. The van der Waals surface area contributed by atoms with Crippen molar-refractivity contribution in [3.8, 4) is 0 Å². The molecule has 0 aromatic carbocycles. The fourth-order valence-corrected chi connectivity index (χ4v) is 4.40. The van der Waals surface area contributed by atoms with Crippen LogP contribution in [-0.4, -0.2) is 35.4 Å². The molecular formula is C30H31N7.